The Balaban J connectivity index is 2.17. The summed E-state index contributed by atoms with van der Waals surface area (Å²) in [6.07, 6.45) is 4.94. The zero-order valence-electron chi connectivity index (χ0n) is 9.17. The normalized spacial score (nSPS) is 18.6. The van der Waals surface area contributed by atoms with Gasteiger partial charge >= 0.3 is 0 Å². The molecule has 14 heavy (non-hydrogen) atoms. The zero-order valence-corrected chi connectivity index (χ0v) is 9.17. The molecule has 0 aromatic rings. The van der Waals surface area contributed by atoms with Gasteiger partial charge in [-0.3, -0.25) is 4.79 Å². The van der Waals surface area contributed by atoms with E-state index >= 15 is 0 Å². The van der Waals surface area contributed by atoms with Crippen LogP contribution in [-0.2, 0) is 4.79 Å². The average Bonchev–Trinajstić information content (AvgIpc) is 2.19. The van der Waals surface area contributed by atoms with Crippen molar-refractivity contribution in [3.8, 4) is 0 Å². The lowest BCUT2D eigenvalue weighted by atomic mass is 9.99. The molecule has 1 fully saturated rings. The first-order valence-corrected chi connectivity index (χ1v) is 5.72. The van der Waals surface area contributed by atoms with Crippen molar-refractivity contribution in [1.82, 2.24) is 4.90 Å². The van der Waals surface area contributed by atoms with Crippen LogP contribution in [0.1, 0.15) is 39.0 Å². The Morgan fingerprint density at radius 1 is 1.36 bits per heavy atom. The molecule has 0 saturated carbocycles. The Kier molecular flexibility index (Phi) is 4.94. The SMILES string of the molecule is CC1CCN(C(=O)CCCCN)CC1. The lowest BCUT2D eigenvalue weighted by molar-refractivity contribution is -0.132. The molecule has 1 heterocycles. The maximum atomic E-state index is 11.7. The molecule has 3 heteroatoms. The highest BCUT2D eigenvalue weighted by Gasteiger charge is 2.19. The molecule has 1 rings (SSSR count). The van der Waals surface area contributed by atoms with Crippen LogP contribution in [0.4, 0.5) is 0 Å². The third-order valence-corrected chi connectivity index (χ3v) is 2.98. The van der Waals surface area contributed by atoms with E-state index < -0.39 is 0 Å². The molecule has 0 spiro atoms. The minimum absolute atomic E-state index is 0.324. The molecule has 0 atom stereocenters. The molecule has 2 N–H and O–H groups in total. The lowest BCUT2D eigenvalue weighted by Gasteiger charge is -2.30. The Morgan fingerprint density at radius 2 is 2.00 bits per heavy atom. The van der Waals surface area contributed by atoms with E-state index in [0.29, 0.717) is 18.9 Å². The molecule has 1 aliphatic rings. The Labute approximate surface area is 86.6 Å². The molecule has 1 aliphatic heterocycles. The molecule has 0 radical (unpaired) electrons. The second kappa shape index (κ2) is 6.02. The average molecular weight is 198 g/mol. The molecule has 0 aliphatic carbocycles. The number of rotatable bonds is 4. The second-order valence-electron chi connectivity index (χ2n) is 4.31. The Bertz CT molecular complexity index is 174. The summed E-state index contributed by atoms with van der Waals surface area (Å²) in [7, 11) is 0. The first kappa shape index (κ1) is 11.5. The number of amides is 1. The summed E-state index contributed by atoms with van der Waals surface area (Å²) in [5, 5.41) is 0. The Hall–Kier alpha value is -0.570. The summed E-state index contributed by atoms with van der Waals surface area (Å²) in [6, 6.07) is 0. The third kappa shape index (κ3) is 3.66. The van der Waals surface area contributed by atoms with Crippen LogP contribution in [0.25, 0.3) is 0 Å². The van der Waals surface area contributed by atoms with Crippen molar-refractivity contribution in [2.24, 2.45) is 11.7 Å². The predicted molar refractivity (Wildman–Crippen MR) is 57.9 cm³/mol. The monoisotopic (exact) mass is 198 g/mol. The van der Waals surface area contributed by atoms with Gasteiger partial charge in [0.15, 0.2) is 0 Å². The van der Waals surface area contributed by atoms with Crippen LogP contribution in [0.15, 0.2) is 0 Å². The van der Waals surface area contributed by atoms with Gasteiger partial charge < -0.3 is 10.6 Å². The van der Waals surface area contributed by atoms with Crippen LogP contribution < -0.4 is 5.73 Å². The van der Waals surface area contributed by atoms with E-state index in [1.165, 1.54) is 12.8 Å². The number of carbonyl (C=O) groups is 1. The van der Waals surface area contributed by atoms with Crippen LogP contribution in [0.5, 0.6) is 0 Å². The smallest absolute Gasteiger partial charge is 0.222 e. The molecule has 0 aromatic heterocycles. The lowest BCUT2D eigenvalue weighted by Crippen LogP contribution is -2.37. The minimum atomic E-state index is 0.324. The quantitative estimate of drug-likeness (QED) is 0.694. The molecule has 0 unspecified atom stereocenters. The van der Waals surface area contributed by atoms with Crippen LogP contribution in [0, 0.1) is 5.92 Å². The summed E-state index contributed by atoms with van der Waals surface area (Å²) in [4.78, 5) is 13.7. The van der Waals surface area contributed by atoms with Gasteiger partial charge in [-0.05, 0) is 38.1 Å². The molecule has 82 valence electrons. The fourth-order valence-electron chi connectivity index (χ4n) is 1.84. The summed E-state index contributed by atoms with van der Waals surface area (Å²) in [6.45, 7) is 4.88. The van der Waals surface area contributed by atoms with Gasteiger partial charge in [0.1, 0.15) is 0 Å². The van der Waals surface area contributed by atoms with Crippen LogP contribution in [-0.4, -0.2) is 30.4 Å². The number of unbranched alkanes of at least 4 members (excludes halogenated alkanes) is 1. The van der Waals surface area contributed by atoms with Crippen LogP contribution >= 0.6 is 0 Å². The van der Waals surface area contributed by atoms with E-state index in [0.717, 1.165) is 31.8 Å². The van der Waals surface area contributed by atoms with Crippen molar-refractivity contribution in [2.75, 3.05) is 19.6 Å². The highest BCUT2D eigenvalue weighted by atomic mass is 16.2. The van der Waals surface area contributed by atoms with E-state index in [9.17, 15) is 4.79 Å². The van der Waals surface area contributed by atoms with Crippen molar-refractivity contribution < 1.29 is 4.79 Å². The van der Waals surface area contributed by atoms with Crippen molar-refractivity contribution in [1.29, 1.82) is 0 Å². The summed E-state index contributed by atoms with van der Waals surface area (Å²) >= 11 is 0. The van der Waals surface area contributed by atoms with Crippen molar-refractivity contribution in [3.63, 3.8) is 0 Å². The summed E-state index contributed by atoms with van der Waals surface area (Å²) in [5.41, 5.74) is 5.39. The number of carbonyl (C=O) groups excluding carboxylic acids is 1. The maximum absolute atomic E-state index is 11.7. The van der Waals surface area contributed by atoms with Gasteiger partial charge in [0.05, 0.1) is 0 Å². The van der Waals surface area contributed by atoms with Gasteiger partial charge in [0.2, 0.25) is 5.91 Å². The Morgan fingerprint density at radius 3 is 2.57 bits per heavy atom. The van der Waals surface area contributed by atoms with E-state index in [4.69, 9.17) is 5.73 Å². The molecule has 1 amide bonds. The van der Waals surface area contributed by atoms with E-state index in [1.54, 1.807) is 0 Å². The first-order valence-electron chi connectivity index (χ1n) is 5.72. The van der Waals surface area contributed by atoms with E-state index in [2.05, 4.69) is 6.92 Å². The number of nitrogens with two attached hydrogens (primary N) is 1. The minimum Gasteiger partial charge on any atom is -0.343 e. The molecular weight excluding hydrogens is 176 g/mol. The van der Waals surface area contributed by atoms with Gasteiger partial charge in [-0.1, -0.05) is 6.92 Å². The predicted octanol–water partition coefficient (Wildman–Crippen LogP) is 1.37. The van der Waals surface area contributed by atoms with E-state index in [1.807, 2.05) is 4.90 Å². The van der Waals surface area contributed by atoms with Gasteiger partial charge in [0, 0.05) is 19.5 Å². The molecular formula is C11H22N2O. The molecule has 0 aromatic carbocycles. The number of hydrogen-bond donors (Lipinski definition) is 1. The molecule has 0 bridgehead atoms. The van der Waals surface area contributed by atoms with Crippen molar-refractivity contribution in [3.05, 3.63) is 0 Å². The largest absolute Gasteiger partial charge is 0.343 e. The maximum Gasteiger partial charge on any atom is 0.222 e. The van der Waals surface area contributed by atoms with Gasteiger partial charge in [0.25, 0.3) is 0 Å². The fourth-order valence-corrected chi connectivity index (χ4v) is 1.84. The highest BCUT2D eigenvalue weighted by molar-refractivity contribution is 5.76. The van der Waals surface area contributed by atoms with Crippen molar-refractivity contribution in [2.45, 2.75) is 39.0 Å². The van der Waals surface area contributed by atoms with Gasteiger partial charge in [-0.25, -0.2) is 0 Å². The number of hydrogen-bond acceptors (Lipinski definition) is 2. The molecule has 3 nitrogen and oxygen atoms in total. The summed E-state index contributed by atoms with van der Waals surface area (Å²) < 4.78 is 0. The standard InChI is InChI=1S/C11H22N2O/c1-10-5-8-13(9-6-10)11(14)4-2-3-7-12/h10H,2-9,12H2,1H3. The van der Waals surface area contributed by atoms with Crippen LogP contribution in [0.3, 0.4) is 0 Å². The van der Waals surface area contributed by atoms with Gasteiger partial charge in [-0.15, -0.1) is 0 Å². The molecule has 1 saturated heterocycles. The van der Waals surface area contributed by atoms with Crippen LogP contribution in [0.2, 0.25) is 0 Å². The number of likely N-dealkylation sites (tertiary alicyclic amines) is 1. The summed E-state index contributed by atoms with van der Waals surface area (Å²) in [5.74, 6) is 1.12. The zero-order chi connectivity index (χ0) is 10.4. The number of piperidine rings is 1. The third-order valence-electron chi connectivity index (χ3n) is 2.98. The second-order valence-corrected chi connectivity index (χ2v) is 4.31. The highest BCUT2D eigenvalue weighted by Crippen LogP contribution is 2.16. The van der Waals surface area contributed by atoms with E-state index in [-0.39, 0.29) is 0 Å². The first-order chi connectivity index (χ1) is 6.74. The van der Waals surface area contributed by atoms with Crippen molar-refractivity contribution >= 4 is 5.91 Å². The number of nitrogens with zero attached hydrogens (tertiary/aromatic N) is 1. The van der Waals surface area contributed by atoms with Gasteiger partial charge in [-0.2, -0.15) is 0 Å². The fraction of sp³-hybridized carbons (Fsp3) is 0.909. The topological polar surface area (TPSA) is 46.3 Å².